The molecule has 0 aromatic heterocycles. The molecular formula is C22H14ClF3N2O4S. The molecule has 0 aliphatic heterocycles. The number of hydrogen-bond donors (Lipinski definition) is 1. The molecule has 3 aromatic rings. The number of amides is 1. The molecule has 0 unspecified atom stereocenters. The molecule has 6 nitrogen and oxygen atoms in total. The van der Waals surface area contributed by atoms with Crippen LogP contribution in [0.4, 0.5) is 18.9 Å². The Hall–Kier alpha value is -3.55. The Morgan fingerprint density at radius 2 is 1.70 bits per heavy atom. The Morgan fingerprint density at radius 1 is 1.03 bits per heavy atom. The van der Waals surface area contributed by atoms with Gasteiger partial charge in [0.05, 0.1) is 27.2 Å². The number of sulfone groups is 1. The molecule has 1 N–H and O–H groups in total. The average molecular weight is 495 g/mol. The minimum atomic E-state index is -4.83. The third-order valence-electron chi connectivity index (χ3n) is 4.36. The fraction of sp³-hybridized carbons (Fsp3) is 0.0909. The highest BCUT2D eigenvalue weighted by Crippen LogP contribution is 2.29. The minimum absolute atomic E-state index is 0.00295. The quantitative estimate of drug-likeness (QED) is 0.510. The van der Waals surface area contributed by atoms with Crippen molar-refractivity contribution in [3.8, 4) is 22.9 Å². The van der Waals surface area contributed by atoms with Crippen LogP contribution in [-0.4, -0.2) is 26.9 Å². The van der Waals surface area contributed by atoms with Gasteiger partial charge in [-0.2, -0.15) is 5.26 Å². The smallest absolute Gasteiger partial charge is 0.406 e. The number of nitrogens with one attached hydrogen (secondary N) is 1. The Labute approximate surface area is 192 Å². The van der Waals surface area contributed by atoms with E-state index in [2.05, 4.69) is 10.1 Å². The number of carbonyl (C=O) groups is 1. The van der Waals surface area contributed by atoms with Gasteiger partial charge in [-0.25, -0.2) is 8.42 Å². The normalized spacial score (nSPS) is 11.5. The first-order valence-corrected chi connectivity index (χ1v) is 11.3. The molecule has 33 heavy (non-hydrogen) atoms. The van der Waals surface area contributed by atoms with Crippen LogP contribution >= 0.6 is 11.6 Å². The Morgan fingerprint density at radius 3 is 2.24 bits per heavy atom. The first-order chi connectivity index (χ1) is 15.4. The number of nitrogens with zero attached hydrogens (tertiary/aromatic N) is 1. The number of rotatable bonds is 5. The van der Waals surface area contributed by atoms with Crippen LogP contribution in [-0.2, 0) is 9.84 Å². The van der Waals surface area contributed by atoms with E-state index >= 15 is 0 Å². The zero-order chi connectivity index (χ0) is 24.4. The van der Waals surface area contributed by atoms with Gasteiger partial charge in [-0.3, -0.25) is 4.79 Å². The predicted octanol–water partition coefficient (Wildman–Crippen LogP) is 5.43. The molecule has 1 amide bonds. The SMILES string of the molecule is CS(=O)(=O)c1ccc(NC(=O)c2cc(C#N)cc(-c3ccc(OC(F)(F)F)cc3)c2)c(Cl)c1. The zero-order valence-corrected chi connectivity index (χ0v) is 18.3. The molecule has 0 aliphatic carbocycles. The van der Waals surface area contributed by atoms with Crippen molar-refractivity contribution in [2.75, 3.05) is 11.6 Å². The van der Waals surface area contributed by atoms with Crippen molar-refractivity contribution < 1.29 is 31.1 Å². The molecule has 0 spiro atoms. The number of alkyl halides is 3. The van der Waals surface area contributed by atoms with Gasteiger partial charge in [-0.15, -0.1) is 13.2 Å². The highest BCUT2D eigenvalue weighted by atomic mass is 35.5. The van der Waals surface area contributed by atoms with Gasteiger partial charge < -0.3 is 10.1 Å². The Kier molecular flexibility index (Phi) is 6.67. The maximum Gasteiger partial charge on any atom is 0.573 e. The Bertz CT molecular complexity index is 1370. The lowest BCUT2D eigenvalue weighted by molar-refractivity contribution is -0.274. The summed E-state index contributed by atoms with van der Waals surface area (Å²) in [5, 5.41) is 11.9. The van der Waals surface area contributed by atoms with Gasteiger partial charge in [0.25, 0.3) is 5.91 Å². The van der Waals surface area contributed by atoms with Crippen LogP contribution in [0.5, 0.6) is 5.75 Å². The number of carbonyl (C=O) groups excluding carboxylic acids is 1. The van der Waals surface area contributed by atoms with Crippen LogP contribution < -0.4 is 10.1 Å². The molecule has 170 valence electrons. The largest absolute Gasteiger partial charge is 0.573 e. The molecule has 0 radical (unpaired) electrons. The molecule has 3 rings (SSSR count). The van der Waals surface area contributed by atoms with Gasteiger partial charge in [0.1, 0.15) is 5.75 Å². The van der Waals surface area contributed by atoms with E-state index in [1.165, 1.54) is 48.5 Å². The first-order valence-electron chi connectivity index (χ1n) is 9.08. The monoisotopic (exact) mass is 494 g/mol. The Balaban J connectivity index is 1.90. The van der Waals surface area contributed by atoms with Gasteiger partial charge in [0, 0.05) is 11.8 Å². The molecule has 0 atom stereocenters. The molecule has 0 fully saturated rings. The summed E-state index contributed by atoms with van der Waals surface area (Å²) >= 11 is 6.09. The fourth-order valence-electron chi connectivity index (χ4n) is 2.86. The van der Waals surface area contributed by atoms with Crippen LogP contribution in [0.15, 0.2) is 65.6 Å². The van der Waals surface area contributed by atoms with Crippen molar-refractivity contribution in [2.45, 2.75) is 11.3 Å². The second kappa shape index (κ2) is 9.13. The van der Waals surface area contributed by atoms with Crippen LogP contribution in [0.1, 0.15) is 15.9 Å². The average Bonchev–Trinajstić information content (AvgIpc) is 2.73. The van der Waals surface area contributed by atoms with Gasteiger partial charge >= 0.3 is 6.36 Å². The van der Waals surface area contributed by atoms with E-state index in [-0.39, 0.29) is 26.7 Å². The summed E-state index contributed by atoms with van der Waals surface area (Å²) in [5.41, 5.74) is 1.25. The topological polar surface area (TPSA) is 96.3 Å². The third kappa shape index (κ3) is 6.25. The van der Waals surface area contributed by atoms with Crippen molar-refractivity contribution in [1.82, 2.24) is 0 Å². The highest BCUT2D eigenvalue weighted by Gasteiger charge is 2.31. The molecule has 0 heterocycles. The molecule has 0 saturated heterocycles. The van der Waals surface area contributed by atoms with Crippen molar-refractivity contribution in [2.24, 2.45) is 0 Å². The highest BCUT2D eigenvalue weighted by molar-refractivity contribution is 7.90. The summed E-state index contributed by atoms with van der Waals surface area (Å²) in [6.07, 6.45) is -3.80. The predicted molar refractivity (Wildman–Crippen MR) is 116 cm³/mol. The molecule has 11 heteroatoms. The summed E-state index contributed by atoms with van der Waals surface area (Å²) in [7, 11) is -3.49. The van der Waals surface area contributed by atoms with Crippen molar-refractivity contribution in [3.05, 3.63) is 76.8 Å². The van der Waals surface area contributed by atoms with E-state index in [0.29, 0.717) is 11.1 Å². The fourth-order valence-corrected chi connectivity index (χ4v) is 3.80. The maximum absolute atomic E-state index is 12.8. The molecule has 3 aromatic carbocycles. The van der Waals surface area contributed by atoms with E-state index in [1.807, 2.05) is 6.07 Å². The van der Waals surface area contributed by atoms with Gasteiger partial charge in [0.15, 0.2) is 9.84 Å². The van der Waals surface area contributed by atoms with E-state index in [9.17, 15) is 31.6 Å². The summed E-state index contributed by atoms with van der Waals surface area (Å²) < 4.78 is 64.2. The number of nitriles is 1. The van der Waals surface area contributed by atoms with Gasteiger partial charge in [0.2, 0.25) is 0 Å². The summed E-state index contributed by atoms with van der Waals surface area (Å²) in [4.78, 5) is 12.8. The van der Waals surface area contributed by atoms with Crippen LogP contribution in [0.25, 0.3) is 11.1 Å². The standard InChI is InChI=1S/C22H14ClF3N2O4S/c1-33(30,31)18-6-7-20(19(23)11-18)28-21(29)16-9-13(12-27)8-15(10-16)14-2-4-17(5-3-14)32-22(24,25)26/h2-11H,1H3,(H,28,29). The zero-order valence-electron chi connectivity index (χ0n) is 16.8. The molecule has 0 aliphatic rings. The summed E-state index contributed by atoms with van der Waals surface area (Å²) in [6, 6.07) is 15.0. The van der Waals surface area contributed by atoms with E-state index in [0.717, 1.165) is 18.4 Å². The number of anilines is 1. The summed E-state index contributed by atoms with van der Waals surface area (Å²) in [5.74, 6) is -1.03. The third-order valence-corrected chi connectivity index (χ3v) is 5.79. The van der Waals surface area contributed by atoms with Crippen molar-refractivity contribution >= 4 is 33.0 Å². The number of ether oxygens (including phenoxy) is 1. The van der Waals surface area contributed by atoms with Crippen LogP contribution in [0, 0.1) is 11.3 Å². The second-order valence-electron chi connectivity index (χ2n) is 6.85. The van der Waals surface area contributed by atoms with Gasteiger partial charge in [-0.1, -0.05) is 23.7 Å². The number of halogens is 4. The maximum atomic E-state index is 12.8. The lowest BCUT2D eigenvalue weighted by atomic mass is 9.99. The second-order valence-corrected chi connectivity index (χ2v) is 9.27. The molecule has 0 bridgehead atoms. The number of benzene rings is 3. The first kappa shape index (κ1) is 24.1. The summed E-state index contributed by atoms with van der Waals surface area (Å²) in [6.45, 7) is 0. The van der Waals surface area contributed by atoms with E-state index in [1.54, 1.807) is 0 Å². The molecule has 0 saturated carbocycles. The van der Waals surface area contributed by atoms with Crippen molar-refractivity contribution in [3.63, 3.8) is 0 Å². The lowest BCUT2D eigenvalue weighted by Crippen LogP contribution is -2.16. The van der Waals surface area contributed by atoms with Gasteiger partial charge in [-0.05, 0) is 59.7 Å². The van der Waals surface area contributed by atoms with Crippen LogP contribution in [0.3, 0.4) is 0 Å². The lowest BCUT2D eigenvalue weighted by Gasteiger charge is -2.11. The van der Waals surface area contributed by atoms with Crippen LogP contribution in [0.2, 0.25) is 5.02 Å². The van der Waals surface area contributed by atoms with Crippen molar-refractivity contribution in [1.29, 1.82) is 5.26 Å². The number of hydrogen-bond acceptors (Lipinski definition) is 5. The minimum Gasteiger partial charge on any atom is -0.406 e. The van der Waals surface area contributed by atoms with E-state index < -0.39 is 27.9 Å². The molecular weight excluding hydrogens is 481 g/mol. The van der Waals surface area contributed by atoms with E-state index in [4.69, 9.17) is 11.6 Å².